The van der Waals surface area contributed by atoms with E-state index in [0.717, 1.165) is 4.90 Å². The zero-order valence-corrected chi connectivity index (χ0v) is 47.8. The standard InChI is InChI=1S/C56H76N12O11S2/c1-34(2)25-41(51(74)63-40(49(58)72)22-24-81-5)62-47(69)32-60-55(78)46(28-37-19-13-8-14-20-37)68(3)56(79)45(27-36-17-11-7-12-18-36)67-52(75)42(26-35-15-9-6-10-16-35)65-54(77)44(30-48(70)71)66-53(76)43(29-38-31-59-33-61-38)64-50(73)39(57)21-23-80-4/h6-20,31,33-34,39-46H,21-30,32,57H2,1-5H3,(H2,58,72)(H,59,61)(H,60,78)(H,62,69)(H,63,74)(H,64,73)(H,65,77)(H,66,76)(H,67,75)(H,70,71)/t39-,40-,41-,42-,43-,44-,45-,46-/m0/s1. The number of carbonyl (C=O) groups excluding carboxylic acids is 9. The molecule has 4 rings (SSSR count). The van der Waals surface area contributed by atoms with Gasteiger partial charge in [-0.1, -0.05) is 105 Å². The lowest BCUT2D eigenvalue weighted by Gasteiger charge is -2.32. The van der Waals surface area contributed by atoms with Crippen molar-refractivity contribution < 1.29 is 53.1 Å². The van der Waals surface area contributed by atoms with Gasteiger partial charge in [0, 0.05) is 44.6 Å². The third kappa shape index (κ3) is 23.1. The maximum atomic E-state index is 15.0. The Bertz CT molecular complexity index is 2690. The SMILES string of the molecule is CSCC[C@H](NC(=O)[C@H](CC(C)C)NC(=O)CNC(=O)[C@H](Cc1ccccc1)N(C)C(=O)[C@H](Cc1ccccc1)NC(=O)[C@H](Cc1ccccc1)NC(=O)[C@H](CC(=O)O)NC(=O)[C@H](Cc1cnc[nH]1)NC(=O)[C@@H](N)CCSC)C(N)=O. The fourth-order valence-corrected chi connectivity index (χ4v) is 9.42. The zero-order valence-electron chi connectivity index (χ0n) is 46.2. The molecular weight excluding hydrogens is 1080 g/mol. The van der Waals surface area contributed by atoms with E-state index in [0.29, 0.717) is 40.3 Å². The topological polar surface area (TPSA) is 359 Å². The van der Waals surface area contributed by atoms with E-state index in [-0.39, 0.29) is 44.4 Å². The van der Waals surface area contributed by atoms with Crippen molar-refractivity contribution in [2.24, 2.45) is 17.4 Å². The number of carbonyl (C=O) groups is 10. The summed E-state index contributed by atoms with van der Waals surface area (Å²) in [6.07, 6.45) is 5.83. The Morgan fingerprint density at radius 2 is 1.06 bits per heavy atom. The van der Waals surface area contributed by atoms with Gasteiger partial charge < -0.3 is 63.7 Å². The highest BCUT2D eigenvalue weighted by Gasteiger charge is 2.37. The monoisotopic (exact) mass is 1160 g/mol. The average Bonchev–Trinajstić information content (AvgIpc) is 3.99. The van der Waals surface area contributed by atoms with Crippen molar-refractivity contribution in [3.8, 4) is 0 Å². The Morgan fingerprint density at radius 3 is 1.58 bits per heavy atom. The van der Waals surface area contributed by atoms with Crippen LogP contribution in [0.5, 0.6) is 0 Å². The largest absolute Gasteiger partial charge is 0.481 e. The molecule has 25 heteroatoms. The van der Waals surface area contributed by atoms with Gasteiger partial charge >= 0.3 is 5.97 Å². The molecule has 0 radical (unpaired) electrons. The summed E-state index contributed by atoms with van der Waals surface area (Å²) in [5, 5.41) is 28.3. The van der Waals surface area contributed by atoms with Crippen molar-refractivity contribution in [3.63, 3.8) is 0 Å². The third-order valence-corrected chi connectivity index (χ3v) is 14.1. The van der Waals surface area contributed by atoms with E-state index in [1.165, 1.54) is 43.1 Å². The molecule has 4 aromatic rings. The van der Waals surface area contributed by atoms with Crippen molar-refractivity contribution >= 4 is 82.7 Å². The summed E-state index contributed by atoms with van der Waals surface area (Å²) in [5.41, 5.74) is 13.9. The van der Waals surface area contributed by atoms with Crippen LogP contribution in [0.15, 0.2) is 104 Å². The van der Waals surface area contributed by atoms with E-state index >= 15 is 4.79 Å². The van der Waals surface area contributed by atoms with Crippen molar-refractivity contribution in [3.05, 3.63) is 126 Å². The van der Waals surface area contributed by atoms with Crippen LogP contribution in [-0.4, -0.2) is 165 Å². The molecule has 81 heavy (non-hydrogen) atoms. The molecule has 0 aliphatic heterocycles. The molecule has 0 aliphatic rings. The Kier molecular flexibility index (Phi) is 27.9. The van der Waals surface area contributed by atoms with Gasteiger partial charge in [0.05, 0.1) is 25.3 Å². The number of carboxylic acid groups (broad SMARTS) is 1. The molecule has 23 nitrogen and oxygen atoms in total. The Morgan fingerprint density at radius 1 is 0.593 bits per heavy atom. The minimum atomic E-state index is -1.79. The zero-order chi connectivity index (χ0) is 59.4. The summed E-state index contributed by atoms with van der Waals surface area (Å²) >= 11 is 2.94. The Balaban J connectivity index is 1.63. The first-order valence-electron chi connectivity index (χ1n) is 26.4. The minimum Gasteiger partial charge on any atom is -0.481 e. The summed E-state index contributed by atoms with van der Waals surface area (Å²) < 4.78 is 0. The number of aromatic amines is 1. The number of amides is 9. The number of nitrogens with two attached hydrogens (primary N) is 2. The average molecular weight is 1160 g/mol. The van der Waals surface area contributed by atoms with Crippen molar-refractivity contribution in [2.45, 2.75) is 114 Å². The van der Waals surface area contributed by atoms with Gasteiger partial charge in [-0.2, -0.15) is 23.5 Å². The van der Waals surface area contributed by atoms with E-state index in [1.807, 2.05) is 26.4 Å². The molecule has 0 spiro atoms. The predicted molar refractivity (Wildman–Crippen MR) is 309 cm³/mol. The lowest BCUT2D eigenvalue weighted by molar-refractivity contribution is -0.143. The second kappa shape index (κ2) is 34.4. The molecule has 13 N–H and O–H groups in total. The van der Waals surface area contributed by atoms with Crippen LogP contribution in [0.2, 0.25) is 0 Å². The van der Waals surface area contributed by atoms with Gasteiger partial charge in [0.1, 0.15) is 42.3 Å². The third-order valence-electron chi connectivity index (χ3n) is 12.8. The van der Waals surface area contributed by atoms with Gasteiger partial charge in [0.2, 0.25) is 53.2 Å². The van der Waals surface area contributed by atoms with Gasteiger partial charge in [-0.25, -0.2) is 4.98 Å². The van der Waals surface area contributed by atoms with Gasteiger partial charge in [-0.15, -0.1) is 0 Å². The molecule has 1 heterocycles. The molecule has 3 aromatic carbocycles. The Labute approximate surface area is 480 Å². The predicted octanol–water partition coefficient (Wildman–Crippen LogP) is 0.372. The lowest BCUT2D eigenvalue weighted by Crippen LogP contribution is -2.61. The number of primary amides is 1. The van der Waals surface area contributed by atoms with Crippen LogP contribution in [0.1, 0.15) is 61.9 Å². The molecule has 0 saturated heterocycles. The van der Waals surface area contributed by atoms with Gasteiger partial charge in [-0.05, 0) is 65.9 Å². The van der Waals surface area contributed by atoms with Crippen LogP contribution in [0.4, 0.5) is 0 Å². The number of carboxylic acids is 1. The number of benzene rings is 3. The smallest absolute Gasteiger partial charge is 0.305 e. The van der Waals surface area contributed by atoms with E-state index in [2.05, 4.69) is 47.2 Å². The van der Waals surface area contributed by atoms with Crippen LogP contribution < -0.4 is 48.7 Å². The fraction of sp³-hybridized carbons (Fsp3) is 0.446. The second-order valence-corrected chi connectivity index (χ2v) is 21.7. The number of nitrogens with one attached hydrogen (secondary N) is 8. The molecule has 9 amide bonds. The number of thioether (sulfide) groups is 2. The normalized spacial score (nSPS) is 14.0. The number of nitrogens with zero attached hydrogens (tertiary/aromatic N) is 2. The highest BCUT2D eigenvalue weighted by atomic mass is 32.2. The van der Waals surface area contributed by atoms with Crippen LogP contribution >= 0.6 is 23.5 Å². The van der Waals surface area contributed by atoms with Gasteiger partial charge in [0.25, 0.3) is 0 Å². The summed E-state index contributed by atoms with van der Waals surface area (Å²) in [6, 6.07) is 15.6. The summed E-state index contributed by atoms with van der Waals surface area (Å²) in [6.45, 7) is 3.08. The van der Waals surface area contributed by atoms with E-state index in [9.17, 15) is 48.3 Å². The van der Waals surface area contributed by atoms with Crippen LogP contribution in [0.25, 0.3) is 0 Å². The number of aliphatic carboxylic acids is 1. The van der Waals surface area contributed by atoms with Crippen molar-refractivity contribution in [1.82, 2.24) is 52.1 Å². The molecule has 0 aliphatic carbocycles. The maximum absolute atomic E-state index is 15.0. The minimum absolute atomic E-state index is 0.0495. The van der Waals surface area contributed by atoms with Gasteiger partial charge in [-0.3, -0.25) is 47.9 Å². The number of H-pyrrole nitrogens is 1. The van der Waals surface area contributed by atoms with Gasteiger partial charge in [0.15, 0.2) is 0 Å². The number of rotatable bonds is 35. The highest BCUT2D eigenvalue weighted by molar-refractivity contribution is 7.98. The number of aromatic nitrogens is 2. The van der Waals surface area contributed by atoms with Crippen molar-refractivity contribution in [1.29, 1.82) is 0 Å². The molecule has 0 saturated carbocycles. The summed E-state index contributed by atoms with van der Waals surface area (Å²) in [7, 11) is 1.37. The Hall–Kier alpha value is -7.77. The number of hydrogen-bond acceptors (Lipinski definition) is 14. The summed E-state index contributed by atoms with van der Waals surface area (Å²) in [5.74, 6) is -7.57. The van der Waals surface area contributed by atoms with E-state index in [4.69, 9.17) is 11.5 Å². The first kappa shape index (κ1) is 65.7. The number of hydrogen-bond donors (Lipinski definition) is 11. The van der Waals surface area contributed by atoms with Crippen LogP contribution in [0.3, 0.4) is 0 Å². The summed E-state index contributed by atoms with van der Waals surface area (Å²) in [4.78, 5) is 145. The van der Waals surface area contributed by atoms with E-state index in [1.54, 1.807) is 91.0 Å². The van der Waals surface area contributed by atoms with Crippen molar-refractivity contribution in [2.75, 3.05) is 37.6 Å². The molecule has 438 valence electrons. The number of likely N-dealkylation sites (N-methyl/N-ethyl adjacent to an activating group) is 1. The fourth-order valence-electron chi connectivity index (χ4n) is 8.46. The molecular formula is C56H76N12O11S2. The molecule has 0 unspecified atom stereocenters. The lowest BCUT2D eigenvalue weighted by atomic mass is 9.99. The molecule has 8 atom stereocenters. The first-order valence-corrected chi connectivity index (χ1v) is 29.2. The number of imidazole rings is 1. The molecule has 0 fully saturated rings. The van der Waals surface area contributed by atoms with E-state index < -0.39 is 120 Å². The van der Waals surface area contributed by atoms with Crippen LogP contribution in [-0.2, 0) is 73.6 Å². The first-order chi connectivity index (χ1) is 38.7. The second-order valence-electron chi connectivity index (χ2n) is 19.8. The quantitative estimate of drug-likeness (QED) is 0.0297. The molecule has 1 aromatic heterocycles. The molecule has 0 bridgehead atoms. The van der Waals surface area contributed by atoms with Crippen LogP contribution in [0, 0.1) is 5.92 Å². The highest BCUT2D eigenvalue weighted by Crippen LogP contribution is 2.15. The maximum Gasteiger partial charge on any atom is 0.305 e.